The third kappa shape index (κ3) is 3.00. The van der Waals surface area contributed by atoms with Crippen molar-refractivity contribution in [1.29, 1.82) is 0 Å². The number of rotatable bonds is 4. The summed E-state index contributed by atoms with van der Waals surface area (Å²) in [5.74, 6) is 0.0391. The normalized spacial score (nSPS) is 15.1. The highest BCUT2D eigenvalue weighted by Gasteiger charge is 2.26. The van der Waals surface area contributed by atoms with Crippen molar-refractivity contribution < 1.29 is 19.2 Å². The van der Waals surface area contributed by atoms with E-state index in [-0.39, 0.29) is 17.3 Å². The van der Waals surface area contributed by atoms with E-state index in [2.05, 4.69) is 4.99 Å². The Morgan fingerprint density at radius 1 is 1.21 bits per heavy atom. The number of nitrogens with zero attached hydrogens (tertiary/aromatic N) is 2. The molecule has 0 saturated heterocycles. The molecule has 0 saturated carbocycles. The maximum absolute atomic E-state index is 12.0. The number of cyclic esters (lactones) is 1. The van der Waals surface area contributed by atoms with Crippen LogP contribution in [0.3, 0.4) is 0 Å². The molecule has 0 spiro atoms. The molecule has 3 rings (SSSR count). The average molecular weight is 324 g/mol. The van der Waals surface area contributed by atoms with Crippen LogP contribution in [0.5, 0.6) is 5.75 Å². The number of aliphatic imine (C=N–C) groups is 1. The lowest BCUT2D eigenvalue weighted by atomic mass is 10.1. The van der Waals surface area contributed by atoms with E-state index in [1.807, 2.05) is 0 Å². The Hall–Kier alpha value is -3.48. The molecule has 0 radical (unpaired) electrons. The Morgan fingerprint density at radius 2 is 2.00 bits per heavy atom. The minimum Gasteiger partial charge on any atom is -0.496 e. The van der Waals surface area contributed by atoms with Crippen LogP contribution in [0.15, 0.2) is 59.2 Å². The van der Waals surface area contributed by atoms with E-state index in [0.29, 0.717) is 16.9 Å². The third-order valence-electron chi connectivity index (χ3n) is 3.34. The molecule has 24 heavy (non-hydrogen) atoms. The summed E-state index contributed by atoms with van der Waals surface area (Å²) >= 11 is 0. The zero-order valence-corrected chi connectivity index (χ0v) is 12.6. The number of carbonyl (C=O) groups excluding carboxylic acids is 1. The molecule has 0 aromatic heterocycles. The van der Waals surface area contributed by atoms with Crippen molar-refractivity contribution in [1.82, 2.24) is 0 Å². The number of carbonyl (C=O) groups is 1. The van der Waals surface area contributed by atoms with Crippen LogP contribution in [0, 0.1) is 10.1 Å². The fourth-order valence-corrected chi connectivity index (χ4v) is 2.23. The van der Waals surface area contributed by atoms with Crippen molar-refractivity contribution in [2.45, 2.75) is 0 Å². The van der Waals surface area contributed by atoms with Gasteiger partial charge in [0.1, 0.15) is 5.75 Å². The van der Waals surface area contributed by atoms with E-state index in [0.717, 1.165) is 0 Å². The molecule has 1 aliphatic heterocycles. The topological polar surface area (TPSA) is 91.0 Å². The smallest absolute Gasteiger partial charge is 0.363 e. The van der Waals surface area contributed by atoms with E-state index in [1.54, 1.807) is 30.3 Å². The van der Waals surface area contributed by atoms with E-state index in [9.17, 15) is 14.9 Å². The number of hydrogen-bond acceptors (Lipinski definition) is 6. The molecule has 7 nitrogen and oxygen atoms in total. The molecular formula is C17H12N2O5. The lowest BCUT2D eigenvalue weighted by Gasteiger charge is -2.05. The molecule has 7 heteroatoms. The first-order valence-electron chi connectivity index (χ1n) is 6.99. The van der Waals surface area contributed by atoms with Crippen LogP contribution in [0.1, 0.15) is 11.1 Å². The molecule has 120 valence electrons. The maximum atomic E-state index is 12.0. The molecule has 0 fully saturated rings. The van der Waals surface area contributed by atoms with Gasteiger partial charge >= 0.3 is 5.97 Å². The molecule has 2 aromatic rings. The number of benzene rings is 2. The van der Waals surface area contributed by atoms with Crippen LogP contribution in [0.2, 0.25) is 0 Å². The predicted molar refractivity (Wildman–Crippen MR) is 86.7 cm³/mol. The number of para-hydroxylation sites is 1. The fraction of sp³-hybridized carbons (Fsp3) is 0.0588. The molecule has 2 aromatic carbocycles. The summed E-state index contributed by atoms with van der Waals surface area (Å²) in [6, 6.07) is 12.9. The van der Waals surface area contributed by atoms with Gasteiger partial charge in [-0.25, -0.2) is 9.79 Å². The number of hydrogen-bond donors (Lipinski definition) is 0. The van der Waals surface area contributed by atoms with Gasteiger partial charge in [0.2, 0.25) is 5.90 Å². The lowest BCUT2D eigenvalue weighted by molar-refractivity contribution is -0.384. The molecule has 0 unspecified atom stereocenters. The second-order valence-corrected chi connectivity index (χ2v) is 4.89. The number of ether oxygens (including phenoxy) is 2. The number of non-ortho nitro benzene ring substituents is 1. The Labute approximate surface area is 137 Å². The molecule has 1 heterocycles. The number of nitro benzene ring substituents is 1. The highest BCUT2D eigenvalue weighted by molar-refractivity contribution is 6.13. The first kappa shape index (κ1) is 15.4. The standard InChI is InChI=1S/C17H12N2O5/c1-23-15-8-3-2-7-13(15)16-18-14(17(20)24-16)10-11-5-4-6-12(9-11)19(21)22/h2-10H,1H3/b14-10+. The van der Waals surface area contributed by atoms with Crippen molar-refractivity contribution in [2.24, 2.45) is 4.99 Å². The van der Waals surface area contributed by atoms with Gasteiger partial charge in [0.15, 0.2) is 5.70 Å². The van der Waals surface area contributed by atoms with E-state index in [4.69, 9.17) is 9.47 Å². The van der Waals surface area contributed by atoms with Crippen molar-refractivity contribution in [3.63, 3.8) is 0 Å². The Balaban J connectivity index is 1.97. The summed E-state index contributed by atoms with van der Waals surface area (Å²) in [5.41, 5.74) is 1.04. The van der Waals surface area contributed by atoms with Crippen molar-refractivity contribution >= 4 is 23.6 Å². The average Bonchev–Trinajstić information content (AvgIpc) is 2.95. The van der Waals surface area contributed by atoms with Gasteiger partial charge in [-0.05, 0) is 23.8 Å². The van der Waals surface area contributed by atoms with Crippen molar-refractivity contribution in [3.05, 3.63) is 75.5 Å². The monoisotopic (exact) mass is 324 g/mol. The summed E-state index contributed by atoms with van der Waals surface area (Å²) in [6.45, 7) is 0. The van der Waals surface area contributed by atoms with Gasteiger partial charge in [0.05, 0.1) is 17.6 Å². The summed E-state index contributed by atoms with van der Waals surface area (Å²) < 4.78 is 10.4. The highest BCUT2D eigenvalue weighted by atomic mass is 16.6. The predicted octanol–water partition coefficient (Wildman–Crippen LogP) is 2.95. The first-order valence-corrected chi connectivity index (χ1v) is 6.99. The van der Waals surface area contributed by atoms with Crippen LogP contribution >= 0.6 is 0 Å². The second-order valence-electron chi connectivity index (χ2n) is 4.89. The van der Waals surface area contributed by atoms with Gasteiger partial charge in [-0.2, -0.15) is 0 Å². The van der Waals surface area contributed by atoms with Crippen LogP contribution in [0.4, 0.5) is 5.69 Å². The second kappa shape index (κ2) is 6.33. The number of methoxy groups -OCH3 is 1. The summed E-state index contributed by atoms with van der Waals surface area (Å²) in [6.07, 6.45) is 1.44. The number of nitro groups is 1. The van der Waals surface area contributed by atoms with Crippen molar-refractivity contribution in [3.8, 4) is 5.75 Å². The molecule has 0 aliphatic carbocycles. The number of esters is 1. The molecule has 0 atom stereocenters. The van der Waals surface area contributed by atoms with Gasteiger partial charge in [-0.1, -0.05) is 24.3 Å². The van der Waals surface area contributed by atoms with Crippen LogP contribution in [-0.4, -0.2) is 23.9 Å². The maximum Gasteiger partial charge on any atom is 0.363 e. The highest BCUT2D eigenvalue weighted by Crippen LogP contribution is 2.25. The Bertz CT molecular complexity index is 886. The van der Waals surface area contributed by atoms with E-state index in [1.165, 1.54) is 31.4 Å². The minimum atomic E-state index is -0.623. The van der Waals surface area contributed by atoms with Gasteiger partial charge in [-0.3, -0.25) is 10.1 Å². The largest absolute Gasteiger partial charge is 0.496 e. The van der Waals surface area contributed by atoms with E-state index >= 15 is 0 Å². The summed E-state index contributed by atoms with van der Waals surface area (Å²) in [7, 11) is 1.51. The van der Waals surface area contributed by atoms with Crippen LogP contribution < -0.4 is 4.74 Å². The zero-order chi connectivity index (χ0) is 17.1. The van der Waals surface area contributed by atoms with Gasteiger partial charge in [0, 0.05) is 12.1 Å². The van der Waals surface area contributed by atoms with Crippen LogP contribution in [0.25, 0.3) is 6.08 Å². The lowest BCUT2D eigenvalue weighted by Crippen LogP contribution is -2.06. The third-order valence-corrected chi connectivity index (χ3v) is 3.34. The Kier molecular flexibility index (Phi) is 4.07. The molecule has 0 bridgehead atoms. The molecular weight excluding hydrogens is 312 g/mol. The van der Waals surface area contributed by atoms with Gasteiger partial charge < -0.3 is 9.47 Å². The van der Waals surface area contributed by atoms with Gasteiger partial charge in [-0.15, -0.1) is 0 Å². The zero-order valence-electron chi connectivity index (χ0n) is 12.6. The SMILES string of the molecule is COc1ccccc1C1=N/C(=C/c2cccc([N+](=O)[O-])c2)C(=O)O1. The van der Waals surface area contributed by atoms with Crippen molar-refractivity contribution in [2.75, 3.05) is 7.11 Å². The molecule has 0 N–H and O–H groups in total. The summed E-state index contributed by atoms with van der Waals surface area (Å²) in [5, 5.41) is 10.8. The van der Waals surface area contributed by atoms with Crippen LogP contribution in [-0.2, 0) is 9.53 Å². The fourth-order valence-electron chi connectivity index (χ4n) is 2.23. The minimum absolute atomic E-state index is 0.0651. The summed E-state index contributed by atoms with van der Waals surface area (Å²) in [4.78, 5) is 26.5. The molecule has 1 aliphatic rings. The quantitative estimate of drug-likeness (QED) is 0.373. The first-order chi connectivity index (χ1) is 11.6. The van der Waals surface area contributed by atoms with Gasteiger partial charge in [0.25, 0.3) is 5.69 Å². The molecule has 0 amide bonds. The van der Waals surface area contributed by atoms with E-state index < -0.39 is 10.9 Å². The Morgan fingerprint density at radius 3 is 2.75 bits per heavy atom.